The van der Waals surface area contributed by atoms with Gasteiger partial charge in [0.2, 0.25) is 5.13 Å². The number of carbonyl (C=O) groups excluding carboxylic acids is 3. The van der Waals surface area contributed by atoms with Crippen LogP contribution in [-0.2, 0) is 28.6 Å². The van der Waals surface area contributed by atoms with E-state index in [2.05, 4.69) is 32.2 Å². The highest BCUT2D eigenvalue weighted by Crippen LogP contribution is 2.34. The van der Waals surface area contributed by atoms with Crippen molar-refractivity contribution >= 4 is 50.8 Å². The van der Waals surface area contributed by atoms with Crippen molar-refractivity contribution in [2.24, 2.45) is 28.8 Å². The first-order chi connectivity index (χ1) is 30.7. The number of benzene rings is 2. The first-order valence-corrected chi connectivity index (χ1v) is 24.3. The van der Waals surface area contributed by atoms with Gasteiger partial charge in [-0.05, 0) is 119 Å². The number of unbranched alkanes of at least 4 members (excludes halogenated alkanes) is 8. The summed E-state index contributed by atoms with van der Waals surface area (Å²) in [5, 5.41) is 8.00. The van der Waals surface area contributed by atoms with E-state index in [0.717, 1.165) is 115 Å². The van der Waals surface area contributed by atoms with Gasteiger partial charge in [-0.3, -0.25) is 4.79 Å². The zero-order valence-electron chi connectivity index (χ0n) is 37.9. The molecule has 2 saturated carbocycles. The summed E-state index contributed by atoms with van der Waals surface area (Å²) >= 11 is 1.65. The molecule has 1 aromatic heterocycles. The lowest BCUT2D eigenvalue weighted by Gasteiger charge is -2.27. The number of hydrazone groups is 1. The van der Waals surface area contributed by atoms with Crippen molar-refractivity contribution in [3.8, 4) is 11.5 Å². The summed E-state index contributed by atoms with van der Waals surface area (Å²) < 4.78 is 29.9. The summed E-state index contributed by atoms with van der Waals surface area (Å²) in [5.74, 6) is 2.29. The number of aromatic nitrogens is 1. The molecule has 0 radical (unpaired) electrons. The number of carbonyl (C=O) groups is 3. The molecule has 0 N–H and O–H groups in total. The maximum atomic E-state index is 12.8. The van der Waals surface area contributed by atoms with Gasteiger partial charge in [-0.25, -0.2) is 19.6 Å². The molecular weight excluding hydrogens is 815 g/mol. The lowest BCUT2D eigenvalue weighted by atomic mass is 9.82. The average Bonchev–Trinajstić information content (AvgIpc) is 3.74. The lowest BCUT2D eigenvalue weighted by molar-refractivity contribution is -0.150. The molecule has 3 aromatic rings. The van der Waals surface area contributed by atoms with Gasteiger partial charge in [-0.1, -0.05) is 94.9 Å². The molecule has 0 saturated heterocycles. The Bertz CT molecular complexity index is 1880. The Hall–Kier alpha value is -4.71. The van der Waals surface area contributed by atoms with Crippen LogP contribution in [0, 0.1) is 23.7 Å². The Labute approximate surface area is 379 Å². The predicted molar refractivity (Wildman–Crippen MR) is 253 cm³/mol. The molecule has 0 aliphatic heterocycles. The Kier molecular flexibility index (Phi) is 21.5. The number of rotatable bonds is 28. The molecule has 12 heteroatoms. The van der Waals surface area contributed by atoms with Gasteiger partial charge in [0.05, 0.1) is 55.4 Å². The molecule has 0 unspecified atom stereocenters. The smallest absolute Gasteiger partial charge is 0.333 e. The SMILES string of the molecule is C=CC(=O)OCCCCOC(=O)C1CCC(COc2ccc(OCC3CCC(C)CC3)cc2/C=N/N(CCCCCCCCCCOC(=O)C(=C)C)c2nc3ccccc3s2)CC1. The van der Waals surface area contributed by atoms with Gasteiger partial charge in [0.15, 0.2) is 0 Å². The minimum absolute atomic E-state index is 0.101. The molecule has 0 amide bonds. The number of hydrogen-bond acceptors (Lipinski definition) is 12. The highest BCUT2D eigenvalue weighted by atomic mass is 32.1. The van der Waals surface area contributed by atoms with Crippen LogP contribution in [0.15, 0.2) is 72.4 Å². The van der Waals surface area contributed by atoms with E-state index in [0.29, 0.717) is 63.3 Å². The van der Waals surface area contributed by atoms with Crippen LogP contribution in [0.5, 0.6) is 11.5 Å². The number of thiazole rings is 1. The number of para-hydroxylation sites is 1. The number of hydrogen-bond donors (Lipinski definition) is 0. The quantitative estimate of drug-likeness (QED) is 0.0174. The Morgan fingerprint density at radius 3 is 2.10 bits per heavy atom. The van der Waals surface area contributed by atoms with Crippen LogP contribution in [0.2, 0.25) is 0 Å². The largest absolute Gasteiger partial charge is 0.493 e. The second-order valence-corrected chi connectivity index (χ2v) is 18.5. The molecule has 1 heterocycles. The van der Waals surface area contributed by atoms with Gasteiger partial charge < -0.3 is 23.7 Å². The van der Waals surface area contributed by atoms with Crippen LogP contribution in [0.4, 0.5) is 5.13 Å². The number of esters is 3. The second-order valence-electron chi connectivity index (χ2n) is 17.5. The van der Waals surface area contributed by atoms with Crippen molar-refractivity contribution in [2.75, 3.05) is 44.6 Å². The molecule has 2 aliphatic carbocycles. The highest BCUT2D eigenvalue weighted by molar-refractivity contribution is 7.22. The molecular formula is C51H71N3O8S. The topological polar surface area (TPSA) is 126 Å². The van der Waals surface area contributed by atoms with Crippen LogP contribution in [0.25, 0.3) is 10.2 Å². The Balaban J connectivity index is 1.16. The highest BCUT2D eigenvalue weighted by Gasteiger charge is 2.28. The molecule has 63 heavy (non-hydrogen) atoms. The number of ether oxygens (including phenoxy) is 5. The number of anilines is 1. The van der Waals surface area contributed by atoms with Crippen LogP contribution in [0.3, 0.4) is 0 Å². The van der Waals surface area contributed by atoms with Gasteiger partial charge in [0.1, 0.15) is 11.5 Å². The minimum Gasteiger partial charge on any atom is -0.493 e. The van der Waals surface area contributed by atoms with Crippen molar-refractivity contribution in [1.29, 1.82) is 0 Å². The third kappa shape index (κ3) is 17.8. The molecule has 11 nitrogen and oxygen atoms in total. The average molecular weight is 886 g/mol. The molecule has 2 fully saturated rings. The summed E-state index contributed by atoms with van der Waals surface area (Å²) in [6.07, 6.45) is 21.2. The minimum atomic E-state index is -0.439. The van der Waals surface area contributed by atoms with E-state index in [4.69, 9.17) is 33.8 Å². The molecule has 2 aromatic carbocycles. The van der Waals surface area contributed by atoms with Crippen LogP contribution in [0.1, 0.15) is 135 Å². The molecule has 5 rings (SSSR count). The van der Waals surface area contributed by atoms with E-state index in [1.54, 1.807) is 18.3 Å². The van der Waals surface area contributed by atoms with Crippen LogP contribution in [-0.4, -0.2) is 68.7 Å². The van der Waals surface area contributed by atoms with Gasteiger partial charge in [-0.2, -0.15) is 5.10 Å². The zero-order chi connectivity index (χ0) is 44.7. The van der Waals surface area contributed by atoms with Crippen molar-refractivity contribution in [3.05, 3.63) is 72.8 Å². The predicted octanol–water partition coefficient (Wildman–Crippen LogP) is 11.8. The first-order valence-electron chi connectivity index (χ1n) is 23.5. The summed E-state index contributed by atoms with van der Waals surface area (Å²) in [7, 11) is 0. The van der Waals surface area contributed by atoms with E-state index in [1.165, 1.54) is 38.5 Å². The van der Waals surface area contributed by atoms with Gasteiger partial charge in [0, 0.05) is 23.8 Å². The van der Waals surface area contributed by atoms with E-state index >= 15 is 0 Å². The maximum Gasteiger partial charge on any atom is 0.333 e. The molecule has 344 valence electrons. The normalized spacial score (nSPS) is 18.8. The fraction of sp³-hybridized carbons (Fsp3) is 0.588. The summed E-state index contributed by atoms with van der Waals surface area (Å²) in [5.41, 5.74) is 2.28. The fourth-order valence-electron chi connectivity index (χ4n) is 8.07. The third-order valence-corrected chi connectivity index (χ3v) is 13.2. The maximum absolute atomic E-state index is 12.8. The number of fused-ring (bicyclic) bond motifs is 1. The first kappa shape index (κ1) is 49.3. The van der Waals surface area contributed by atoms with E-state index < -0.39 is 5.97 Å². The Morgan fingerprint density at radius 1 is 0.778 bits per heavy atom. The molecule has 2 aliphatic rings. The standard InChI is InChI=1S/C51H71N3O8S/c1-5-48(55)58-31-16-17-33-60-50(57)42-26-24-41(25-27-42)37-62-46-29-28-44(61-36-40-22-20-39(4)21-23-40)34-43(46)35-52-54(51-53-45-18-12-13-19-47(45)63-51)30-14-10-8-6-7-9-11-15-32-59-49(56)38(2)3/h5,12-13,18-19,28-29,34-35,39-42H,1-2,6-11,14-17,20-27,30-33,36-37H2,3-4H3/b52-35+. The van der Waals surface area contributed by atoms with Crippen molar-refractivity contribution in [1.82, 2.24) is 4.98 Å². The van der Waals surface area contributed by atoms with Crippen molar-refractivity contribution in [2.45, 2.75) is 129 Å². The van der Waals surface area contributed by atoms with Gasteiger partial charge in [-0.15, -0.1) is 0 Å². The monoisotopic (exact) mass is 885 g/mol. The van der Waals surface area contributed by atoms with E-state index in [-0.39, 0.29) is 17.9 Å². The van der Waals surface area contributed by atoms with Crippen molar-refractivity contribution < 1.29 is 38.1 Å². The van der Waals surface area contributed by atoms with Crippen LogP contribution < -0.4 is 14.5 Å². The summed E-state index contributed by atoms with van der Waals surface area (Å²) in [6, 6.07) is 14.3. The second kappa shape index (κ2) is 27.5. The zero-order valence-corrected chi connectivity index (χ0v) is 38.7. The molecule has 0 atom stereocenters. The molecule has 0 spiro atoms. The van der Waals surface area contributed by atoms with Gasteiger partial charge in [0.25, 0.3) is 0 Å². The van der Waals surface area contributed by atoms with Crippen LogP contribution >= 0.6 is 11.3 Å². The van der Waals surface area contributed by atoms with Gasteiger partial charge >= 0.3 is 17.9 Å². The summed E-state index contributed by atoms with van der Waals surface area (Å²) in [6.45, 7) is 14.1. The number of nitrogens with zero attached hydrogens (tertiary/aromatic N) is 3. The molecule has 0 bridgehead atoms. The third-order valence-electron chi connectivity index (χ3n) is 12.1. The fourth-order valence-corrected chi connectivity index (χ4v) is 9.02. The lowest BCUT2D eigenvalue weighted by Crippen LogP contribution is -2.26. The van der Waals surface area contributed by atoms with Crippen molar-refractivity contribution in [3.63, 3.8) is 0 Å². The summed E-state index contributed by atoms with van der Waals surface area (Å²) in [4.78, 5) is 40.5. The Morgan fingerprint density at radius 2 is 1.40 bits per heavy atom. The van der Waals surface area contributed by atoms with E-state index in [1.807, 2.05) is 41.6 Å². The van der Waals surface area contributed by atoms with E-state index in [9.17, 15) is 14.4 Å².